The fourth-order valence-corrected chi connectivity index (χ4v) is 1.96. The van der Waals surface area contributed by atoms with E-state index in [1.54, 1.807) is 18.2 Å². The van der Waals surface area contributed by atoms with E-state index in [4.69, 9.17) is 9.15 Å². The first-order valence-corrected chi connectivity index (χ1v) is 6.16. The maximum Gasteiger partial charge on any atom is 0.339 e. The van der Waals surface area contributed by atoms with Gasteiger partial charge in [0.15, 0.2) is 0 Å². The number of ether oxygens (including phenoxy) is 1. The zero-order chi connectivity index (χ0) is 13.9. The highest BCUT2D eigenvalue weighted by Gasteiger charge is 2.06. The lowest BCUT2D eigenvalue weighted by Gasteiger charge is -2.07. The summed E-state index contributed by atoms with van der Waals surface area (Å²) in [6, 6.07) is 15.8. The Bertz CT molecular complexity index is 790. The van der Waals surface area contributed by atoms with Crippen LogP contribution in [0.5, 0.6) is 11.5 Å². The van der Waals surface area contributed by atoms with Crippen LogP contribution in [0.15, 0.2) is 63.8 Å². The van der Waals surface area contributed by atoms with Gasteiger partial charge in [-0.15, -0.1) is 0 Å². The second-order valence-corrected chi connectivity index (χ2v) is 4.38. The van der Waals surface area contributed by atoms with Gasteiger partial charge in [0.25, 0.3) is 0 Å². The van der Waals surface area contributed by atoms with Crippen molar-refractivity contribution in [2.75, 3.05) is 0 Å². The summed E-state index contributed by atoms with van der Waals surface area (Å²) in [6.45, 7) is 0.426. The van der Waals surface area contributed by atoms with Crippen LogP contribution in [0.2, 0.25) is 0 Å². The minimum atomic E-state index is -0.588. The van der Waals surface area contributed by atoms with Gasteiger partial charge < -0.3 is 14.3 Å². The molecule has 0 saturated heterocycles. The molecule has 100 valence electrons. The molecule has 20 heavy (non-hydrogen) atoms. The summed E-state index contributed by atoms with van der Waals surface area (Å²) in [7, 11) is 0. The smallest absolute Gasteiger partial charge is 0.339 e. The van der Waals surface area contributed by atoms with Gasteiger partial charge in [-0.2, -0.15) is 0 Å². The molecule has 1 N–H and O–H groups in total. The number of benzene rings is 2. The molecule has 0 amide bonds. The van der Waals surface area contributed by atoms with Crippen molar-refractivity contribution in [1.29, 1.82) is 0 Å². The molecule has 0 atom stereocenters. The quantitative estimate of drug-likeness (QED) is 0.741. The Kier molecular flexibility index (Phi) is 3.13. The minimum Gasteiger partial charge on any atom is -0.507 e. The molecule has 0 aliphatic heterocycles. The van der Waals surface area contributed by atoms with Crippen LogP contribution in [0.4, 0.5) is 0 Å². The molecule has 3 aromatic rings. The van der Waals surface area contributed by atoms with Gasteiger partial charge in [-0.3, -0.25) is 0 Å². The summed E-state index contributed by atoms with van der Waals surface area (Å²) in [5.74, 6) is 0.487. The Morgan fingerprint density at radius 2 is 1.85 bits per heavy atom. The predicted molar refractivity (Wildman–Crippen MR) is 74.9 cm³/mol. The molecule has 0 unspecified atom stereocenters. The Labute approximate surface area is 114 Å². The predicted octanol–water partition coefficient (Wildman–Crippen LogP) is 3.08. The van der Waals surface area contributed by atoms with E-state index >= 15 is 0 Å². The number of hydrogen-bond donors (Lipinski definition) is 1. The van der Waals surface area contributed by atoms with E-state index < -0.39 is 5.63 Å². The van der Waals surface area contributed by atoms with Crippen LogP contribution >= 0.6 is 0 Å². The molecule has 0 saturated carbocycles. The highest BCUT2D eigenvalue weighted by molar-refractivity contribution is 5.83. The Morgan fingerprint density at radius 3 is 2.65 bits per heavy atom. The average Bonchev–Trinajstić information content (AvgIpc) is 2.45. The van der Waals surface area contributed by atoms with Crippen molar-refractivity contribution in [2.45, 2.75) is 6.61 Å². The summed E-state index contributed by atoms with van der Waals surface area (Å²) in [5.41, 5.74) is 0.765. The molecule has 4 nitrogen and oxygen atoms in total. The summed E-state index contributed by atoms with van der Waals surface area (Å²) < 4.78 is 10.7. The van der Waals surface area contributed by atoms with E-state index in [2.05, 4.69) is 0 Å². The first-order chi connectivity index (χ1) is 9.72. The van der Waals surface area contributed by atoms with Gasteiger partial charge in [0, 0.05) is 6.07 Å². The van der Waals surface area contributed by atoms with Crippen molar-refractivity contribution in [1.82, 2.24) is 0 Å². The Balaban J connectivity index is 1.88. The molecule has 1 heterocycles. The van der Waals surface area contributed by atoms with Gasteiger partial charge >= 0.3 is 5.63 Å². The van der Waals surface area contributed by atoms with E-state index in [9.17, 15) is 9.90 Å². The lowest BCUT2D eigenvalue weighted by molar-refractivity contribution is 0.306. The van der Waals surface area contributed by atoms with Gasteiger partial charge in [-0.1, -0.05) is 30.3 Å². The maximum atomic E-state index is 11.2. The van der Waals surface area contributed by atoms with E-state index in [0.29, 0.717) is 23.3 Å². The number of hydrogen-bond acceptors (Lipinski definition) is 4. The zero-order valence-corrected chi connectivity index (χ0v) is 10.6. The molecule has 0 aliphatic carbocycles. The molecule has 4 heteroatoms. The van der Waals surface area contributed by atoms with Crippen LogP contribution < -0.4 is 10.4 Å². The topological polar surface area (TPSA) is 59.7 Å². The first kappa shape index (κ1) is 12.3. The molecule has 0 aliphatic rings. The van der Waals surface area contributed by atoms with Gasteiger partial charge in [0.1, 0.15) is 23.7 Å². The SMILES string of the molecule is O=c1cc(O)c2ccc(OCc3ccccc3)cc2o1. The van der Waals surface area contributed by atoms with E-state index in [-0.39, 0.29) is 5.75 Å². The first-order valence-electron chi connectivity index (χ1n) is 6.16. The summed E-state index contributed by atoms with van der Waals surface area (Å²) in [5, 5.41) is 10.1. The normalized spacial score (nSPS) is 10.6. The number of aromatic hydroxyl groups is 1. The van der Waals surface area contributed by atoms with Crippen molar-refractivity contribution in [3.63, 3.8) is 0 Å². The van der Waals surface area contributed by atoms with E-state index in [1.807, 2.05) is 30.3 Å². The number of fused-ring (bicyclic) bond motifs is 1. The van der Waals surface area contributed by atoms with Crippen LogP contribution in [0.25, 0.3) is 11.0 Å². The minimum absolute atomic E-state index is 0.0918. The van der Waals surface area contributed by atoms with Crippen molar-refractivity contribution in [3.8, 4) is 11.5 Å². The molecule has 0 spiro atoms. The maximum absolute atomic E-state index is 11.2. The molecule has 2 aromatic carbocycles. The standard InChI is InChI=1S/C16H12O4/c17-14-9-16(18)20-15-8-12(6-7-13(14)15)19-10-11-4-2-1-3-5-11/h1-9,17H,10H2. The fourth-order valence-electron chi connectivity index (χ4n) is 1.96. The third-order valence-electron chi connectivity index (χ3n) is 2.94. The molecule has 0 fully saturated rings. The highest BCUT2D eigenvalue weighted by Crippen LogP contribution is 2.26. The van der Waals surface area contributed by atoms with Crippen LogP contribution in [-0.4, -0.2) is 5.11 Å². The van der Waals surface area contributed by atoms with Crippen molar-refractivity contribution in [3.05, 3.63) is 70.6 Å². The van der Waals surface area contributed by atoms with Crippen LogP contribution in [-0.2, 0) is 6.61 Å². The molecule has 3 rings (SSSR count). The van der Waals surface area contributed by atoms with Crippen molar-refractivity contribution < 1.29 is 14.3 Å². The summed E-state index contributed by atoms with van der Waals surface area (Å²) in [4.78, 5) is 11.2. The zero-order valence-electron chi connectivity index (χ0n) is 10.6. The van der Waals surface area contributed by atoms with E-state index in [1.165, 1.54) is 0 Å². The summed E-state index contributed by atoms with van der Waals surface area (Å²) >= 11 is 0. The Morgan fingerprint density at radius 1 is 1.05 bits per heavy atom. The monoisotopic (exact) mass is 268 g/mol. The highest BCUT2D eigenvalue weighted by atomic mass is 16.5. The van der Waals surface area contributed by atoms with Gasteiger partial charge in [-0.05, 0) is 17.7 Å². The second-order valence-electron chi connectivity index (χ2n) is 4.38. The lowest BCUT2D eigenvalue weighted by Crippen LogP contribution is -1.97. The molecular weight excluding hydrogens is 256 g/mol. The second kappa shape index (κ2) is 5.09. The Hall–Kier alpha value is -2.75. The van der Waals surface area contributed by atoms with Gasteiger partial charge in [-0.25, -0.2) is 4.79 Å². The molecule has 1 aromatic heterocycles. The van der Waals surface area contributed by atoms with Crippen LogP contribution in [0, 0.1) is 0 Å². The third kappa shape index (κ3) is 2.49. The molecular formula is C16H12O4. The van der Waals surface area contributed by atoms with Gasteiger partial charge in [0.2, 0.25) is 0 Å². The third-order valence-corrected chi connectivity index (χ3v) is 2.94. The van der Waals surface area contributed by atoms with Crippen LogP contribution in [0.3, 0.4) is 0 Å². The van der Waals surface area contributed by atoms with Crippen molar-refractivity contribution >= 4 is 11.0 Å². The van der Waals surface area contributed by atoms with Crippen molar-refractivity contribution in [2.24, 2.45) is 0 Å². The van der Waals surface area contributed by atoms with Crippen LogP contribution in [0.1, 0.15) is 5.56 Å². The lowest BCUT2D eigenvalue weighted by atomic mass is 10.2. The van der Waals surface area contributed by atoms with Gasteiger partial charge in [0.05, 0.1) is 11.5 Å². The summed E-state index contributed by atoms with van der Waals surface area (Å²) in [6.07, 6.45) is 0. The average molecular weight is 268 g/mol. The number of rotatable bonds is 3. The molecule has 0 bridgehead atoms. The van der Waals surface area contributed by atoms with E-state index in [0.717, 1.165) is 11.6 Å². The largest absolute Gasteiger partial charge is 0.507 e. The fraction of sp³-hybridized carbons (Fsp3) is 0.0625. The molecule has 0 radical (unpaired) electrons.